The Labute approximate surface area is 274 Å². The number of ether oxygens (including phenoxy) is 1. The maximum absolute atomic E-state index is 15.3. The van der Waals surface area contributed by atoms with E-state index in [1.54, 1.807) is 0 Å². The third-order valence-corrected chi connectivity index (χ3v) is 10.6. The van der Waals surface area contributed by atoms with Gasteiger partial charge >= 0.3 is 12.3 Å². The number of hydrogen-bond acceptors (Lipinski definition) is 7. The monoisotopic (exact) mass is 695 g/mol. The molecular formula is C32H34F5N5O5S. The summed E-state index contributed by atoms with van der Waals surface area (Å²) in [4.78, 5) is 30.4. The lowest BCUT2D eigenvalue weighted by Gasteiger charge is -2.37. The van der Waals surface area contributed by atoms with Gasteiger partial charge < -0.3 is 20.7 Å². The van der Waals surface area contributed by atoms with Gasteiger partial charge in [0.25, 0.3) is 0 Å². The minimum atomic E-state index is -4.70. The van der Waals surface area contributed by atoms with Crippen LogP contribution in [0, 0.1) is 11.6 Å². The molecule has 10 nitrogen and oxygen atoms in total. The summed E-state index contributed by atoms with van der Waals surface area (Å²) in [6.45, 7) is 0.697. The molecule has 2 amide bonds. The lowest BCUT2D eigenvalue weighted by Crippen LogP contribution is -2.57. The largest absolute Gasteiger partial charge is 0.453 e. The molecule has 0 spiro atoms. The number of carbonyl (C=O) groups excluding carboxylic acids is 2. The Morgan fingerprint density at radius 3 is 2.52 bits per heavy atom. The Bertz CT molecular complexity index is 1720. The molecule has 3 aromatic rings. The molecule has 1 aromatic heterocycles. The lowest BCUT2D eigenvalue weighted by molar-refractivity contribution is -0.137. The quantitative estimate of drug-likeness (QED) is 0.280. The van der Waals surface area contributed by atoms with Gasteiger partial charge in [-0.25, -0.2) is 22.0 Å². The molecule has 2 saturated heterocycles. The first kappa shape index (κ1) is 35.2. The number of carbonyl (C=O) groups is 2. The van der Waals surface area contributed by atoms with Gasteiger partial charge in [-0.15, -0.1) is 0 Å². The van der Waals surface area contributed by atoms with E-state index >= 15 is 4.39 Å². The van der Waals surface area contributed by atoms with Crippen LogP contribution in [0.25, 0.3) is 0 Å². The number of aromatic nitrogens is 1. The summed E-state index contributed by atoms with van der Waals surface area (Å²) in [5.74, 6) is -3.41. The zero-order chi connectivity index (χ0) is 34.6. The molecule has 2 aliphatic heterocycles. The number of fused-ring (bicyclic) bond motifs is 2. The van der Waals surface area contributed by atoms with Gasteiger partial charge in [0.1, 0.15) is 17.7 Å². The average molecular weight is 696 g/mol. The molecular weight excluding hydrogens is 661 g/mol. The lowest BCUT2D eigenvalue weighted by atomic mass is 9.87. The Morgan fingerprint density at radius 1 is 1.10 bits per heavy atom. The fraction of sp³-hybridized carbons (Fsp3) is 0.406. The second-order valence-electron chi connectivity index (χ2n) is 11.7. The van der Waals surface area contributed by atoms with E-state index < -0.39 is 63.4 Å². The summed E-state index contributed by atoms with van der Waals surface area (Å²) in [6.07, 6.45) is -3.63. The number of benzene rings is 2. The minimum absolute atomic E-state index is 0.0281. The smallest absolute Gasteiger partial charge is 0.417 e. The van der Waals surface area contributed by atoms with Crippen LogP contribution in [0.3, 0.4) is 0 Å². The molecule has 5 rings (SSSR count). The highest BCUT2D eigenvalue weighted by Crippen LogP contribution is 2.33. The number of nitrogens with zero attached hydrogens (tertiary/aromatic N) is 2. The van der Waals surface area contributed by atoms with Crippen molar-refractivity contribution >= 4 is 27.7 Å². The first-order valence-electron chi connectivity index (χ1n) is 15.2. The van der Waals surface area contributed by atoms with Gasteiger partial charge in [-0.2, -0.15) is 17.5 Å². The number of hydrogen-bond donors (Lipinski definition) is 3. The van der Waals surface area contributed by atoms with Crippen molar-refractivity contribution < 1.29 is 44.7 Å². The van der Waals surface area contributed by atoms with E-state index in [2.05, 4.69) is 20.9 Å². The van der Waals surface area contributed by atoms with Crippen LogP contribution >= 0.6 is 0 Å². The predicted molar refractivity (Wildman–Crippen MR) is 165 cm³/mol. The van der Waals surface area contributed by atoms with Gasteiger partial charge in [-0.3, -0.25) is 9.78 Å². The number of methoxy groups -OCH3 is 1. The third kappa shape index (κ3) is 8.10. The molecule has 3 heterocycles. The van der Waals surface area contributed by atoms with Crippen LogP contribution in [-0.2, 0) is 32.2 Å². The van der Waals surface area contributed by atoms with Crippen molar-refractivity contribution in [2.45, 2.75) is 55.9 Å². The van der Waals surface area contributed by atoms with Crippen LogP contribution in [0.1, 0.15) is 47.6 Å². The molecule has 0 aliphatic carbocycles. The molecule has 2 bridgehead atoms. The topological polar surface area (TPSA) is 130 Å². The molecule has 0 radical (unpaired) electrons. The van der Waals surface area contributed by atoms with Gasteiger partial charge in [0.05, 0.1) is 30.0 Å². The van der Waals surface area contributed by atoms with Crippen LogP contribution in [0.4, 0.5) is 32.4 Å². The number of alkyl carbamates (subject to hydrolysis) is 1. The van der Waals surface area contributed by atoms with Crippen molar-refractivity contribution in [2.75, 3.05) is 31.3 Å². The number of sulfonamides is 1. The van der Waals surface area contributed by atoms with Crippen molar-refractivity contribution in [3.8, 4) is 0 Å². The highest BCUT2D eigenvalue weighted by molar-refractivity contribution is 7.89. The summed E-state index contributed by atoms with van der Waals surface area (Å²) in [7, 11) is -2.45. The van der Waals surface area contributed by atoms with Crippen LogP contribution in [0.5, 0.6) is 0 Å². The number of pyridine rings is 1. The number of piperazine rings is 1. The number of halogens is 5. The normalized spacial score (nSPS) is 21.8. The van der Waals surface area contributed by atoms with Crippen molar-refractivity contribution in [2.24, 2.45) is 0 Å². The standard InChI is InChI=1S/C32H34F5N5O5S/c1-47-31(44)41-29(28(19-7-10-21(33)11-8-19)27-14-9-20(16-39-27)32(35,36)37)30(43)40-26-6-2-5-25(34)24(26)13-12-23-17-38-22-4-3-15-48(45,46)42(23)18-22/h2,5-11,14,16,22-23,28-29,38H,3-4,12-13,15,17-18H2,1H3,(H,40,43)(H,41,44)/t22-,23+,28?,29?/m1/s1. The molecule has 3 N–H and O–H groups in total. The minimum Gasteiger partial charge on any atom is -0.453 e. The van der Waals surface area contributed by atoms with E-state index in [4.69, 9.17) is 4.74 Å². The van der Waals surface area contributed by atoms with Crippen molar-refractivity contribution in [3.63, 3.8) is 0 Å². The number of nitrogens with one attached hydrogen (secondary N) is 3. The molecule has 0 saturated carbocycles. The van der Waals surface area contributed by atoms with Gasteiger partial charge in [-0.1, -0.05) is 18.2 Å². The van der Waals surface area contributed by atoms with E-state index in [1.165, 1.54) is 34.6 Å². The molecule has 16 heteroatoms. The van der Waals surface area contributed by atoms with Crippen LogP contribution in [0.2, 0.25) is 0 Å². The third-order valence-electron chi connectivity index (χ3n) is 8.60. The molecule has 2 aliphatic rings. The second kappa shape index (κ2) is 14.5. The molecule has 2 fully saturated rings. The number of amides is 2. The highest BCUT2D eigenvalue weighted by Gasteiger charge is 2.39. The van der Waals surface area contributed by atoms with Crippen LogP contribution < -0.4 is 16.0 Å². The Balaban J connectivity index is 1.46. The average Bonchev–Trinajstić information content (AvgIpc) is 3.16. The first-order valence-corrected chi connectivity index (χ1v) is 16.8. The van der Waals surface area contributed by atoms with Gasteiger partial charge in [0.15, 0.2) is 0 Å². The molecule has 2 aromatic carbocycles. The van der Waals surface area contributed by atoms with Crippen molar-refractivity contribution in [3.05, 3.63) is 94.8 Å². The zero-order valence-electron chi connectivity index (χ0n) is 25.8. The molecule has 48 heavy (non-hydrogen) atoms. The van der Waals surface area contributed by atoms with E-state index in [0.29, 0.717) is 25.7 Å². The maximum atomic E-state index is 15.3. The second-order valence-corrected chi connectivity index (χ2v) is 13.7. The van der Waals surface area contributed by atoms with Crippen molar-refractivity contribution in [1.82, 2.24) is 19.9 Å². The molecule has 5 atom stereocenters. The van der Waals surface area contributed by atoms with E-state index in [1.807, 2.05) is 0 Å². The Morgan fingerprint density at radius 2 is 1.85 bits per heavy atom. The van der Waals surface area contributed by atoms with Gasteiger partial charge in [0, 0.05) is 42.6 Å². The van der Waals surface area contributed by atoms with E-state index in [0.717, 1.165) is 37.8 Å². The summed E-state index contributed by atoms with van der Waals surface area (Å²) in [6, 6.07) is 8.55. The summed E-state index contributed by atoms with van der Waals surface area (Å²) in [5.41, 5.74) is -0.765. The van der Waals surface area contributed by atoms with E-state index in [-0.39, 0.29) is 47.1 Å². The number of alkyl halides is 3. The Hall–Kier alpha value is -4.15. The maximum Gasteiger partial charge on any atom is 0.417 e. The Kier molecular flexibility index (Phi) is 10.7. The van der Waals surface area contributed by atoms with E-state index in [9.17, 15) is 35.6 Å². The van der Waals surface area contributed by atoms with Crippen LogP contribution in [-0.4, -0.2) is 73.8 Å². The van der Waals surface area contributed by atoms with Gasteiger partial charge in [0.2, 0.25) is 15.9 Å². The number of anilines is 1. The van der Waals surface area contributed by atoms with Crippen LogP contribution in [0.15, 0.2) is 60.8 Å². The summed E-state index contributed by atoms with van der Waals surface area (Å²) < 4.78 is 101. The SMILES string of the molecule is COC(=O)NC(C(=O)Nc1cccc(F)c1CC[C@H]1CN[C@@H]2CCCS(=O)(=O)N1C2)C(c1ccc(F)cc1)c1ccc(C(F)(F)F)cn1. The molecule has 3 unspecified atom stereocenters. The molecule has 258 valence electrons. The van der Waals surface area contributed by atoms with Gasteiger partial charge in [-0.05, 0) is 67.6 Å². The van der Waals surface area contributed by atoms with Crippen molar-refractivity contribution in [1.29, 1.82) is 0 Å². The fourth-order valence-corrected chi connectivity index (χ4v) is 7.95. The predicted octanol–water partition coefficient (Wildman–Crippen LogP) is 4.57. The fourth-order valence-electron chi connectivity index (χ4n) is 6.14. The number of rotatable bonds is 9. The summed E-state index contributed by atoms with van der Waals surface area (Å²) in [5, 5.41) is 8.38. The summed E-state index contributed by atoms with van der Waals surface area (Å²) >= 11 is 0. The highest BCUT2D eigenvalue weighted by atomic mass is 32.2. The first-order chi connectivity index (χ1) is 22.8. The zero-order valence-corrected chi connectivity index (χ0v) is 26.6.